The molecule has 2 saturated heterocycles. The average Bonchev–Trinajstić information content (AvgIpc) is 3.28. The van der Waals surface area contributed by atoms with E-state index in [-0.39, 0.29) is 11.6 Å². The van der Waals surface area contributed by atoms with Gasteiger partial charge in [0.2, 0.25) is 5.91 Å². The fourth-order valence-corrected chi connectivity index (χ4v) is 5.46. The molecule has 3 aromatic rings. The van der Waals surface area contributed by atoms with Crippen LogP contribution in [-0.4, -0.2) is 55.7 Å². The number of anilines is 2. The van der Waals surface area contributed by atoms with E-state index in [9.17, 15) is 26.7 Å². The molecule has 36 heavy (non-hydrogen) atoms. The lowest BCUT2D eigenvalue weighted by molar-refractivity contribution is -0.141. The van der Waals surface area contributed by atoms with Crippen LogP contribution in [-0.2, 0) is 17.5 Å². The number of alkyl halides is 5. The van der Waals surface area contributed by atoms with Crippen molar-refractivity contribution in [2.75, 3.05) is 22.9 Å². The van der Waals surface area contributed by atoms with Crippen molar-refractivity contribution in [2.45, 2.75) is 57.8 Å². The van der Waals surface area contributed by atoms with Crippen molar-refractivity contribution in [2.24, 2.45) is 5.41 Å². The van der Waals surface area contributed by atoms with E-state index in [1.54, 1.807) is 11.1 Å². The van der Waals surface area contributed by atoms with E-state index >= 15 is 0 Å². The Bertz CT molecular complexity index is 1280. The molecule has 0 radical (unpaired) electrons. The van der Waals surface area contributed by atoms with Crippen LogP contribution >= 0.6 is 0 Å². The van der Waals surface area contributed by atoms with E-state index in [2.05, 4.69) is 20.1 Å². The van der Waals surface area contributed by atoms with Crippen LogP contribution in [0.15, 0.2) is 30.7 Å². The van der Waals surface area contributed by atoms with Gasteiger partial charge in [0.1, 0.15) is 23.6 Å². The zero-order valence-corrected chi connectivity index (χ0v) is 19.6. The minimum atomic E-state index is -4.56. The quantitative estimate of drug-likeness (QED) is 0.488. The predicted molar refractivity (Wildman–Crippen MR) is 121 cm³/mol. The first-order chi connectivity index (χ1) is 16.9. The third kappa shape index (κ3) is 4.13. The van der Waals surface area contributed by atoms with Gasteiger partial charge in [-0.1, -0.05) is 0 Å². The van der Waals surface area contributed by atoms with Gasteiger partial charge in [0.25, 0.3) is 6.43 Å². The zero-order valence-electron chi connectivity index (χ0n) is 19.6. The number of aromatic nitrogens is 5. The summed E-state index contributed by atoms with van der Waals surface area (Å²) in [6, 6.07) is 2.18. The Morgan fingerprint density at radius 1 is 1.06 bits per heavy atom. The SMILES string of the molecule is CC1(C)CC2(CCN(c3cnc4cnn(CC(F)F)c4n3)CC2)C(=O)N1c1ccc(C(F)(F)F)nc1. The minimum Gasteiger partial charge on any atom is -0.355 e. The van der Waals surface area contributed by atoms with Crippen LogP contribution in [0.25, 0.3) is 11.2 Å². The number of fused-ring (bicyclic) bond motifs is 1. The lowest BCUT2D eigenvalue weighted by Crippen LogP contribution is -2.46. The van der Waals surface area contributed by atoms with Crippen LogP contribution in [0.2, 0.25) is 0 Å². The number of nitrogens with zero attached hydrogens (tertiary/aromatic N) is 7. The third-order valence-electron chi connectivity index (χ3n) is 7.02. The van der Waals surface area contributed by atoms with E-state index < -0.39 is 35.8 Å². The van der Waals surface area contributed by atoms with Crippen LogP contribution in [0.4, 0.5) is 33.5 Å². The van der Waals surface area contributed by atoms with Gasteiger partial charge in [-0.25, -0.2) is 28.4 Å². The highest BCUT2D eigenvalue weighted by molar-refractivity contribution is 6.01. The number of piperidine rings is 1. The summed E-state index contributed by atoms with van der Waals surface area (Å²) >= 11 is 0. The fraction of sp³-hybridized carbons (Fsp3) is 0.522. The van der Waals surface area contributed by atoms with Crippen molar-refractivity contribution < 1.29 is 26.7 Å². The molecule has 2 fully saturated rings. The second-order valence-corrected chi connectivity index (χ2v) is 9.95. The van der Waals surface area contributed by atoms with Crippen molar-refractivity contribution in [3.8, 4) is 0 Å². The number of halogens is 5. The molecule has 0 saturated carbocycles. The summed E-state index contributed by atoms with van der Waals surface area (Å²) in [5.41, 5.74) is -1.26. The highest BCUT2D eigenvalue weighted by atomic mass is 19.4. The number of amides is 1. The summed E-state index contributed by atoms with van der Waals surface area (Å²) in [5.74, 6) is 0.382. The maximum absolute atomic E-state index is 13.7. The monoisotopic (exact) mass is 509 g/mol. The largest absolute Gasteiger partial charge is 0.433 e. The molecular weight excluding hydrogens is 485 g/mol. The van der Waals surface area contributed by atoms with Gasteiger partial charge >= 0.3 is 6.18 Å². The highest BCUT2D eigenvalue weighted by Crippen LogP contribution is 2.50. The van der Waals surface area contributed by atoms with Gasteiger partial charge in [-0.3, -0.25) is 4.79 Å². The van der Waals surface area contributed by atoms with Crippen LogP contribution in [0.3, 0.4) is 0 Å². The highest BCUT2D eigenvalue weighted by Gasteiger charge is 2.56. The molecule has 5 rings (SSSR count). The summed E-state index contributed by atoms with van der Waals surface area (Å²) in [4.78, 5) is 29.5. The molecule has 0 N–H and O–H groups in total. The van der Waals surface area contributed by atoms with E-state index in [1.807, 2.05) is 18.7 Å². The van der Waals surface area contributed by atoms with E-state index in [1.165, 1.54) is 12.3 Å². The van der Waals surface area contributed by atoms with Crippen molar-refractivity contribution in [3.05, 3.63) is 36.4 Å². The van der Waals surface area contributed by atoms with Crippen LogP contribution in [0.5, 0.6) is 0 Å². The van der Waals surface area contributed by atoms with E-state index in [0.717, 1.165) is 16.9 Å². The molecule has 13 heteroatoms. The van der Waals surface area contributed by atoms with E-state index in [4.69, 9.17) is 0 Å². The van der Waals surface area contributed by atoms with Crippen LogP contribution in [0, 0.1) is 5.41 Å². The Morgan fingerprint density at radius 2 is 1.78 bits per heavy atom. The summed E-state index contributed by atoms with van der Waals surface area (Å²) in [6.45, 7) is 4.19. The molecule has 8 nitrogen and oxygen atoms in total. The summed E-state index contributed by atoms with van der Waals surface area (Å²) in [5, 5.41) is 3.94. The minimum absolute atomic E-state index is 0.134. The second-order valence-electron chi connectivity index (χ2n) is 9.95. The predicted octanol–water partition coefficient (Wildman–Crippen LogP) is 4.31. The van der Waals surface area contributed by atoms with Crippen molar-refractivity contribution in [1.29, 1.82) is 0 Å². The Labute approximate surface area is 203 Å². The topological polar surface area (TPSA) is 80.0 Å². The van der Waals surface area contributed by atoms with Crippen molar-refractivity contribution in [1.82, 2.24) is 24.7 Å². The van der Waals surface area contributed by atoms with Crippen molar-refractivity contribution >= 4 is 28.6 Å². The molecule has 3 aromatic heterocycles. The summed E-state index contributed by atoms with van der Waals surface area (Å²) in [6.07, 6.45) is -1.51. The van der Waals surface area contributed by atoms with Gasteiger partial charge < -0.3 is 9.80 Å². The Kier molecular flexibility index (Phi) is 5.63. The molecule has 5 heterocycles. The Morgan fingerprint density at radius 3 is 2.39 bits per heavy atom. The fourth-order valence-electron chi connectivity index (χ4n) is 5.46. The lowest BCUT2D eigenvalue weighted by Gasteiger charge is -2.38. The average molecular weight is 509 g/mol. The molecule has 1 spiro atoms. The van der Waals surface area contributed by atoms with Crippen LogP contribution < -0.4 is 9.80 Å². The molecule has 0 bridgehead atoms. The van der Waals surface area contributed by atoms with Gasteiger partial charge in [0.15, 0.2) is 5.65 Å². The zero-order chi connectivity index (χ0) is 25.9. The Balaban J connectivity index is 1.35. The van der Waals surface area contributed by atoms with Gasteiger partial charge in [0, 0.05) is 18.6 Å². The maximum Gasteiger partial charge on any atom is 0.433 e. The first kappa shape index (κ1) is 24.3. The number of hydrogen-bond donors (Lipinski definition) is 0. The molecule has 1 amide bonds. The molecule has 0 aliphatic carbocycles. The van der Waals surface area contributed by atoms with Gasteiger partial charge in [0.05, 0.1) is 29.7 Å². The number of rotatable bonds is 4. The van der Waals surface area contributed by atoms with Gasteiger partial charge in [-0.2, -0.15) is 18.3 Å². The summed E-state index contributed by atoms with van der Waals surface area (Å²) in [7, 11) is 0. The van der Waals surface area contributed by atoms with Gasteiger partial charge in [-0.05, 0) is 45.2 Å². The molecule has 192 valence electrons. The van der Waals surface area contributed by atoms with Gasteiger partial charge in [-0.15, -0.1) is 0 Å². The molecule has 0 atom stereocenters. The molecule has 0 aromatic carbocycles. The number of carbonyl (C=O) groups excluding carboxylic acids is 1. The maximum atomic E-state index is 13.7. The second kappa shape index (κ2) is 8.34. The Hall–Kier alpha value is -3.38. The number of hydrogen-bond acceptors (Lipinski definition) is 6. The molecule has 2 aliphatic heterocycles. The number of carbonyl (C=O) groups is 1. The third-order valence-corrected chi connectivity index (χ3v) is 7.02. The van der Waals surface area contributed by atoms with E-state index in [0.29, 0.717) is 49.4 Å². The molecule has 0 unspecified atom stereocenters. The standard InChI is InChI=1S/C23H24F5N7O/c1-21(2)13-22(20(36)35(21)14-3-4-16(30-9-14)23(26,27)28)5-7-33(8-6-22)18-11-29-15-10-31-34(12-17(24)25)19(15)32-18/h3-4,9-11,17H,5-8,12-13H2,1-2H3. The molecule has 2 aliphatic rings. The first-order valence-electron chi connectivity index (χ1n) is 11.5. The summed E-state index contributed by atoms with van der Waals surface area (Å²) < 4.78 is 65.7. The number of pyridine rings is 1. The van der Waals surface area contributed by atoms with Crippen LogP contribution in [0.1, 0.15) is 38.8 Å². The normalized spacial score (nSPS) is 19.7. The van der Waals surface area contributed by atoms with Crippen molar-refractivity contribution in [3.63, 3.8) is 0 Å². The first-order valence-corrected chi connectivity index (χ1v) is 11.5. The smallest absolute Gasteiger partial charge is 0.355 e. The molecular formula is C23H24F5N7O. The lowest BCUT2D eigenvalue weighted by atomic mass is 9.74.